The first kappa shape index (κ1) is 16.7. The van der Waals surface area contributed by atoms with Crippen LogP contribution in [-0.2, 0) is 0 Å². The van der Waals surface area contributed by atoms with Crippen LogP contribution in [0.15, 0.2) is 42.7 Å². The number of halogens is 2. The number of nitrogens with zero attached hydrogens (tertiary/aromatic N) is 5. The maximum absolute atomic E-state index is 13.9. The molecule has 0 aliphatic rings. The summed E-state index contributed by atoms with van der Waals surface area (Å²) in [6.07, 6.45) is 1.53. The summed E-state index contributed by atoms with van der Waals surface area (Å²) in [5.41, 5.74) is 1.19. The molecule has 10 heteroatoms. The van der Waals surface area contributed by atoms with Gasteiger partial charge in [0.2, 0.25) is 0 Å². The van der Waals surface area contributed by atoms with E-state index in [0.29, 0.717) is 22.3 Å². The Bertz CT molecular complexity index is 1140. The van der Waals surface area contributed by atoms with E-state index in [1.165, 1.54) is 18.5 Å². The van der Waals surface area contributed by atoms with E-state index in [-0.39, 0.29) is 5.46 Å². The molecule has 4 aromatic rings. The van der Waals surface area contributed by atoms with Crippen LogP contribution in [0.5, 0.6) is 0 Å². The molecule has 0 atom stereocenters. The monoisotopic (exact) mass is 371 g/mol. The highest BCUT2D eigenvalue weighted by Gasteiger charge is 2.18. The summed E-state index contributed by atoms with van der Waals surface area (Å²) in [5.74, 6) is 0.273. The van der Waals surface area contributed by atoms with Crippen LogP contribution in [0.4, 0.5) is 15.9 Å². The molecule has 0 aliphatic heterocycles. The molecular weight excluding hydrogens is 359 g/mol. The lowest BCUT2D eigenvalue weighted by Gasteiger charge is -2.21. The minimum Gasteiger partial charge on any atom is -0.423 e. The Kier molecular flexibility index (Phi) is 3.99. The number of hydrogen-bond acceptors (Lipinski definition) is 6. The lowest BCUT2D eigenvalue weighted by atomic mass is 9.80. The molecule has 0 saturated heterocycles. The van der Waals surface area contributed by atoms with Gasteiger partial charge in [0.15, 0.2) is 0 Å². The first-order chi connectivity index (χ1) is 12.4. The van der Waals surface area contributed by atoms with Crippen molar-refractivity contribution < 1.29 is 14.4 Å². The number of anilines is 2. The van der Waals surface area contributed by atoms with Gasteiger partial charge in [-0.25, -0.2) is 4.39 Å². The predicted molar refractivity (Wildman–Crippen MR) is 97.6 cm³/mol. The minimum absolute atomic E-state index is 0.0442. The van der Waals surface area contributed by atoms with Gasteiger partial charge in [-0.1, -0.05) is 11.6 Å². The molecule has 0 saturated carbocycles. The zero-order valence-corrected chi connectivity index (χ0v) is 14.3. The average molecular weight is 372 g/mol. The third-order valence-electron chi connectivity index (χ3n) is 4.10. The number of rotatable bonds is 3. The van der Waals surface area contributed by atoms with Gasteiger partial charge in [0, 0.05) is 23.1 Å². The number of benzene rings is 2. The largest absolute Gasteiger partial charge is 0.488 e. The molecular formula is C16H12BClFN5O2. The van der Waals surface area contributed by atoms with E-state index >= 15 is 0 Å². The van der Waals surface area contributed by atoms with Crippen molar-refractivity contribution in [2.45, 2.75) is 0 Å². The van der Waals surface area contributed by atoms with Crippen LogP contribution in [0.2, 0.25) is 5.02 Å². The van der Waals surface area contributed by atoms with Gasteiger partial charge in [0.25, 0.3) is 5.78 Å². The lowest BCUT2D eigenvalue weighted by molar-refractivity contribution is 0.425. The molecule has 0 fully saturated rings. The summed E-state index contributed by atoms with van der Waals surface area (Å²) in [6, 6.07) is 9.12. The molecule has 2 N–H and O–H groups in total. The summed E-state index contributed by atoms with van der Waals surface area (Å²) >= 11 is 6.12. The first-order valence-electron chi connectivity index (χ1n) is 7.63. The van der Waals surface area contributed by atoms with Crippen molar-refractivity contribution >= 4 is 52.4 Å². The molecule has 2 heterocycles. The molecule has 130 valence electrons. The molecule has 2 aromatic carbocycles. The van der Waals surface area contributed by atoms with Gasteiger partial charge in [-0.3, -0.25) is 4.40 Å². The minimum atomic E-state index is -1.78. The molecule has 0 spiro atoms. The quantitative estimate of drug-likeness (QED) is 0.531. The summed E-state index contributed by atoms with van der Waals surface area (Å²) in [6.45, 7) is 0. The Labute approximate surface area is 152 Å². The SMILES string of the molecule is CN(c1cc(F)cc(B(O)O)c1)c1nc2nncn2c2cc(Cl)ccc12. The van der Waals surface area contributed by atoms with Gasteiger partial charge in [-0.15, -0.1) is 10.2 Å². The first-order valence-corrected chi connectivity index (χ1v) is 8.01. The third-order valence-corrected chi connectivity index (χ3v) is 4.34. The topological polar surface area (TPSA) is 86.8 Å². The van der Waals surface area contributed by atoms with E-state index in [1.807, 2.05) is 0 Å². The molecule has 0 unspecified atom stereocenters. The summed E-state index contributed by atoms with van der Waals surface area (Å²) < 4.78 is 15.6. The molecule has 2 aromatic heterocycles. The molecule has 4 rings (SSSR count). The number of hydrogen-bond donors (Lipinski definition) is 2. The fourth-order valence-electron chi connectivity index (χ4n) is 2.84. The highest BCUT2D eigenvalue weighted by Crippen LogP contribution is 2.31. The van der Waals surface area contributed by atoms with Crippen LogP contribution < -0.4 is 10.4 Å². The smallest absolute Gasteiger partial charge is 0.423 e. The van der Waals surface area contributed by atoms with E-state index in [4.69, 9.17) is 11.6 Å². The van der Waals surface area contributed by atoms with Crippen molar-refractivity contribution in [3.05, 3.63) is 53.6 Å². The second kappa shape index (κ2) is 6.20. The van der Waals surface area contributed by atoms with E-state index in [9.17, 15) is 14.4 Å². The van der Waals surface area contributed by atoms with E-state index < -0.39 is 12.9 Å². The van der Waals surface area contributed by atoms with Gasteiger partial charge >= 0.3 is 7.12 Å². The van der Waals surface area contributed by atoms with Crippen LogP contribution in [0.3, 0.4) is 0 Å². The summed E-state index contributed by atoms with van der Waals surface area (Å²) in [4.78, 5) is 6.14. The average Bonchev–Trinajstić information content (AvgIpc) is 3.08. The van der Waals surface area contributed by atoms with Crippen molar-refractivity contribution in [2.75, 3.05) is 11.9 Å². The Morgan fingerprint density at radius 1 is 1.19 bits per heavy atom. The fourth-order valence-corrected chi connectivity index (χ4v) is 3.01. The van der Waals surface area contributed by atoms with Crippen LogP contribution in [-0.4, -0.2) is 43.8 Å². The maximum Gasteiger partial charge on any atom is 0.488 e. The van der Waals surface area contributed by atoms with Crippen molar-refractivity contribution in [3.63, 3.8) is 0 Å². The maximum atomic E-state index is 13.9. The highest BCUT2D eigenvalue weighted by atomic mass is 35.5. The molecule has 26 heavy (non-hydrogen) atoms. The Balaban J connectivity index is 1.95. The van der Waals surface area contributed by atoms with Crippen LogP contribution >= 0.6 is 11.6 Å². The third kappa shape index (κ3) is 2.76. The van der Waals surface area contributed by atoms with Crippen molar-refractivity contribution in [3.8, 4) is 0 Å². The Morgan fingerprint density at radius 3 is 2.77 bits per heavy atom. The van der Waals surface area contributed by atoms with Crippen LogP contribution in [0.1, 0.15) is 0 Å². The zero-order valence-electron chi connectivity index (χ0n) is 13.5. The number of aromatic nitrogens is 4. The standard InChI is InChI=1S/C16H12BClFN5O2/c1-23(12-5-9(17(25)26)4-11(19)7-12)15-13-3-2-10(18)6-14(13)24-8-20-22-16(24)21-15/h2-8,25-26H,1H3. The van der Waals surface area contributed by atoms with E-state index in [1.54, 1.807) is 34.5 Å². The number of fused-ring (bicyclic) bond motifs is 3. The molecule has 7 nitrogen and oxygen atoms in total. The Hall–Kier alpha value is -2.75. The van der Waals surface area contributed by atoms with Gasteiger partial charge < -0.3 is 14.9 Å². The van der Waals surface area contributed by atoms with Crippen LogP contribution in [0, 0.1) is 5.82 Å². The summed E-state index contributed by atoms with van der Waals surface area (Å²) in [7, 11) is -0.0775. The van der Waals surface area contributed by atoms with Gasteiger partial charge in [0.1, 0.15) is 18.0 Å². The molecule has 0 amide bonds. The molecule has 0 bridgehead atoms. The molecule has 0 aliphatic carbocycles. The second-order valence-electron chi connectivity index (χ2n) is 5.77. The van der Waals surface area contributed by atoms with Gasteiger partial charge in [-0.2, -0.15) is 4.98 Å². The van der Waals surface area contributed by atoms with Crippen LogP contribution in [0.25, 0.3) is 16.7 Å². The second-order valence-corrected chi connectivity index (χ2v) is 6.21. The van der Waals surface area contributed by atoms with Crippen molar-refractivity contribution in [2.24, 2.45) is 0 Å². The van der Waals surface area contributed by atoms with Gasteiger partial charge in [-0.05, 0) is 41.9 Å². The van der Waals surface area contributed by atoms with E-state index in [2.05, 4.69) is 15.2 Å². The van der Waals surface area contributed by atoms with Gasteiger partial charge in [0.05, 0.1) is 5.52 Å². The highest BCUT2D eigenvalue weighted by molar-refractivity contribution is 6.58. The summed E-state index contributed by atoms with van der Waals surface area (Å²) in [5, 5.41) is 27.9. The van der Waals surface area contributed by atoms with Crippen molar-refractivity contribution in [1.82, 2.24) is 19.6 Å². The normalized spacial score (nSPS) is 11.3. The predicted octanol–water partition coefficient (Wildman–Crippen LogP) is 1.52. The fraction of sp³-hybridized carbons (Fsp3) is 0.0625. The molecule has 0 radical (unpaired) electrons. The van der Waals surface area contributed by atoms with E-state index in [0.717, 1.165) is 17.0 Å². The van der Waals surface area contributed by atoms with Crippen molar-refractivity contribution in [1.29, 1.82) is 0 Å². The lowest BCUT2D eigenvalue weighted by Crippen LogP contribution is -2.31. The Morgan fingerprint density at radius 2 is 2.00 bits per heavy atom. The zero-order chi connectivity index (χ0) is 18.4.